The van der Waals surface area contributed by atoms with Gasteiger partial charge in [0.2, 0.25) is 0 Å². The second-order valence-electron chi connectivity index (χ2n) is 5.42. The quantitative estimate of drug-likeness (QED) is 0.753. The Morgan fingerprint density at radius 3 is 2.48 bits per heavy atom. The number of ether oxygens (including phenoxy) is 1. The van der Waals surface area contributed by atoms with Gasteiger partial charge in [-0.3, -0.25) is 4.79 Å². The molecule has 0 bridgehead atoms. The van der Waals surface area contributed by atoms with Gasteiger partial charge in [-0.25, -0.2) is 8.42 Å². The van der Waals surface area contributed by atoms with Crippen LogP contribution in [0.2, 0.25) is 0 Å². The van der Waals surface area contributed by atoms with Gasteiger partial charge in [0.25, 0.3) is 0 Å². The molecule has 0 saturated carbocycles. The van der Waals surface area contributed by atoms with Crippen LogP contribution in [0.15, 0.2) is 22.7 Å². The SMILES string of the molecule is COc1ccc(C(C)=O)cc1CS(=O)(=O)Cc1c(C)noc1C. The Morgan fingerprint density at radius 2 is 1.96 bits per heavy atom. The molecule has 0 spiro atoms. The molecule has 7 heteroatoms. The number of carbonyl (C=O) groups excluding carboxylic acids is 1. The van der Waals surface area contributed by atoms with Gasteiger partial charge in [-0.1, -0.05) is 5.16 Å². The van der Waals surface area contributed by atoms with Gasteiger partial charge in [0.15, 0.2) is 15.6 Å². The summed E-state index contributed by atoms with van der Waals surface area (Å²) in [6.45, 7) is 4.82. The van der Waals surface area contributed by atoms with Crippen molar-refractivity contribution in [1.29, 1.82) is 0 Å². The zero-order valence-electron chi connectivity index (χ0n) is 13.5. The van der Waals surface area contributed by atoms with E-state index in [1.807, 2.05) is 0 Å². The Balaban J connectivity index is 2.33. The number of ketones is 1. The second-order valence-corrected chi connectivity index (χ2v) is 7.48. The Bertz CT molecular complexity index is 817. The van der Waals surface area contributed by atoms with Crippen molar-refractivity contribution < 1.29 is 22.5 Å². The largest absolute Gasteiger partial charge is 0.496 e. The fourth-order valence-electron chi connectivity index (χ4n) is 2.33. The summed E-state index contributed by atoms with van der Waals surface area (Å²) in [5, 5.41) is 3.77. The van der Waals surface area contributed by atoms with Crippen molar-refractivity contribution in [2.24, 2.45) is 0 Å². The fourth-order valence-corrected chi connectivity index (χ4v) is 3.98. The number of carbonyl (C=O) groups is 1. The number of aryl methyl sites for hydroxylation is 2. The van der Waals surface area contributed by atoms with Crippen molar-refractivity contribution in [2.45, 2.75) is 32.3 Å². The summed E-state index contributed by atoms with van der Waals surface area (Å²) < 4.78 is 35.2. The molecule has 124 valence electrons. The van der Waals surface area contributed by atoms with Crippen LogP contribution in [0.3, 0.4) is 0 Å². The number of rotatable bonds is 6. The Hall–Kier alpha value is -2.15. The van der Waals surface area contributed by atoms with Crippen LogP contribution in [-0.2, 0) is 21.3 Å². The molecule has 0 fully saturated rings. The monoisotopic (exact) mass is 337 g/mol. The number of sulfone groups is 1. The summed E-state index contributed by atoms with van der Waals surface area (Å²) in [6, 6.07) is 4.79. The third-order valence-electron chi connectivity index (χ3n) is 3.61. The van der Waals surface area contributed by atoms with E-state index in [9.17, 15) is 13.2 Å². The molecule has 2 aromatic rings. The highest BCUT2D eigenvalue weighted by atomic mass is 32.2. The molecule has 23 heavy (non-hydrogen) atoms. The lowest BCUT2D eigenvalue weighted by molar-refractivity contribution is 0.101. The van der Waals surface area contributed by atoms with Gasteiger partial charge in [-0.05, 0) is 39.0 Å². The molecule has 0 N–H and O–H groups in total. The Labute approximate surface area is 135 Å². The summed E-state index contributed by atoms with van der Waals surface area (Å²) in [7, 11) is -2.00. The first-order valence-corrected chi connectivity index (χ1v) is 8.85. The number of aromatic nitrogens is 1. The van der Waals surface area contributed by atoms with Gasteiger partial charge >= 0.3 is 0 Å². The van der Waals surface area contributed by atoms with Crippen LogP contribution in [0, 0.1) is 13.8 Å². The zero-order chi connectivity index (χ0) is 17.2. The van der Waals surface area contributed by atoms with Crippen molar-refractivity contribution >= 4 is 15.6 Å². The van der Waals surface area contributed by atoms with E-state index in [2.05, 4.69) is 5.16 Å². The van der Waals surface area contributed by atoms with E-state index in [1.54, 1.807) is 32.0 Å². The van der Waals surface area contributed by atoms with Crippen LogP contribution in [0.5, 0.6) is 5.75 Å². The first-order chi connectivity index (χ1) is 10.7. The molecule has 0 atom stereocenters. The summed E-state index contributed by atoms with van der Waals surface area (Å²) in [6.07, 6.45) is 0. The third kappa shape index (κ3) is 3.98. The number of benzene rings is 1. The van der Waals surface area contributed by atoms with E-state index in [1.165, 1.54) is 14.0 Å². The lowest BCUT2D eigenvalue weighted by Crippen LogP contribution is -2.10. The molecular formula is C16H19NO5S. The predicted octanol–water partition coefficient (Wildman–Crippen LogP) is 2.62. The highest BCUT2D eigenvalue weighted by Gasteiger charge is 2.21. The summed E-state index contributed by atoms with van der Waals surface area (Å²) >= 11 is 0. The van der Waals surface area contributed by atoms with Crippen molar-refractivity contribution in [3.63, 3.8) is 0 Å². The Morgan fingerprint density at radius 1 is 1.26 bits per heavy atom. The molecule has 2 rings (SSSR count). The van der Waals surface area contributed by atoms with Crippen molar-refractivity contribution in [1.82, 2.24) is 5.16 Å². The van der Waals surface area contributed by atoms with Gasteiger partial charge in [-0.15, -0.1) is 0 Å². The molecule has 1 heterocycles. The minimum atomic E-state index is -3.47. The van der Waals surface area contributed by atoms with E-state index in [0.717, 1.165) is 0 Å². The van der Waals surface area contributed by atoms with Crippen LogP contribution in [0.1, 0.15) is 39.9 Å². The minimum Gasteiger partial charge on any atom is -0.496 e. The second kappa shape index (κ2) is 6.54. The Kier molecular flexibility index (Phi) is 4.89. The number of Topliss-reactive ketones (excluding diaryl/α,β-unsaturated/α-hetero) is 1. The minimum absolute atomic E-state index is 0.128. The summed E-state index contributed by atoms with van der Waals surface area (Å²) in [5.41, 5.74) is 2.06. The summed E-state index contributed by atoms with van der Waals surface area (Å²) in [4.78, 5) is 11.5. The predicted molar refractivity (Wildman–Crippen MR) is 85.3 cm³/mol. The average Bonchev–Trinajstić information content (AvgIpc) is 2.78. The molecule has 0 radical (unpaired) electrons. The molecule has 0 saturated heterocycles. The van der Waals surface area contributed by atoms with Crippen LogP contribution in [0.25, 0.3) is 0 Å². The lowest BCUT2D eigenvalue weighted by Gasteiger charge is -2.10. The van der Waals surface area contributed by atoms with E-state index in [0.29, 0.717) is 33.9 Å². The van der Waals surface area contributed by atoms with E-state index >= 15 is 0 Å². The van der Waals surface area contributed by atoms with Gasteiger partial charge < -0.3 is 9.26 Å². The molecule has 0 amide bonds. The maximum absolute atomic E-state index is 12.5. The van der Waals surface area contributed by atoms with E-state index < -0.39 is 9.84 Å². The standard InChI is InChI=1S/C16H19NO5S/c1-10-15(12(3)22-17-10)9-23(19,20)8-14-7-13(11(2)18)5-6-16(14)21-4/h5-7H,8-9H2,1-4H3. The van der Waals surface area contributed by atoms with Crippen LogP contribution in [-0.4, -0.2) is 26.5 Å². The zero-order valence-corrected chi connectivity index (χ0v) is 14.4. The molecule has 0 aliphatic rings. The van der Waals surface area contributed by atoms with Crippen molar-refractivity contribution in [3.05, 3.63) is 46.3 Å². The maximum Gasteiger partial charge on any atom is 0.159 e. The van der Waals surface area contributed by atoms with Gasteiger partial charge in [0, 0.05) is 16.7 Å². The lowest BCUT2D eigenvalue weighted by atomic mass is 10.1. The highest BCUT2D eigenvalue weighted by molar-refractivity contribution is 7.89. The van der Waals surface area contributed by atoms with Gasteiger partial charge in [-0.2, -0.15) is 0 Å². The third-order valence-corrected chi connectivity index (χ3v) is 5.09. The molecule has 1 aromatic heterocycles. The average molecular weight is 337 g/mol. The molecule has 0 aliphatic carbocycles. The summed E-state index contributed by atoms with van der Waals surface area (Å²) in [5.74, 6) is 0.424. The van der Waals surface area contributed by atoms with Gasteiger partial charge in [0.05, 0.1) is 24.3 Å². The molecular weight excluding hydrogens is 318 g/mol. The first-order valence-electron chi connectivity index (χ1n) is 7.03. The number of nitrogens with zero attached hydrogens (tertiary/aromatic N) is 1. The number of hydrogen-bond donors (Lipinski definition) is 0. The molecule has 1 aromatic carbocycles. The molecule has 6 nitrogen and oxygen atoms in total. The van der Waals surface area contributed by atoms with E-state index in [-0.39, 0.29) is 17.3 Å². The molecule has 0 unspecified atom stereocenters. The van der Waals surface area contributed by atoms with Crippen LogP contribution in [0.4, 0.5) is 0 Å². The number of hydrogen-bond acceptors (Lipinski definition) is 6. The number of methoxy groups -OCH3 is 1. The normalized spacial score (nSPS) is 11.5. The van der Waals surface area contributed by atoms with Crippen LogP contribution < -0.4 is 4.74 Å². The van der Waals surface area contributed by atoms with Gasteiger partial charge in [0.1, 0.15) is 11.5 Å². The van der Waals surface area contributed by atoms with Crippen LogP contribution >= 0.6 is 0 Å². The van der Waals surface area contributed by atoms with Crippen molar-refractivity contribution in [3.8, 4) is 5.75 Å². The fraction of sp³-hybridized carbons (Fsp3) is 0.375. The van der Waals surface area contributed by atoms with Crippen molar-refractivity contribution in [2.75, 3.05) is 7.11 Å². The smallest absolute Gasteiger partial charge is 0.159 e. The maximum atomic E-state index is 12.5. The first kappa shape index (κ1) is 17.2. The topological polar surface area (TPSA) is 86.5 Å². The highest BCUT2D eigenvalue weighted by Crippen LogP contribution is 2.25. The van der Waals surface area contributed by atoms with E-state index in [4.69, 9.17) is 9.26 Å². The molecule has 0 aliphatic heterocycles.